The quantitative estimate of drug-likeness (QED) is 0.632. The first-order chi connectivity index (χ1) is 6.65. The fourth-order valence-electron chi connectivity index (χ4n) is 1.27. The van der Waals surface area contributed by atoms with E-state index in [1.54, 1.807) is 0 Å². The number of anilines is 1. The van der Waals surface area contributed by atoms with Crippen LogP contribution in [0.3, 0.4) is 0 Å². The van der Waals surface area contributed by atoms with Gasteiger partial charge in [-0.2, -0.15) is 0 Å². The molecule has 14 heavy (non-hydrogen) atoms. The number of rotatable bonds is 4. The average molecular weight is 194 g/mol. The van der Waals surface area contributed by atoms with Crippen molar-refractivity contribution < 1.29 is 5.11 Å². The molecule has 1 aromatic rings. The van der Waals surface area contributed by atoms with E-state index in [4.69, 9.17) is 5.73 Å². The third-order valence-corrected chi connectivity index (χ3v) is 2.28. The third kappa shape index (κ3) is 2.72. The van der Waals surface area contributed by atoms with Crippen LogP contribution in [0, 0.1) is 6.92 Å². The lowest BCUT2D eigenvalue weighted by atomic mass is 10.1. The molecule has 0 bridgehead atoms. The summed E-state index contributed by atoms with van der Waals surface area (Å²) in [6.45, 7) is 5.39. The highest BCUT2D eigenvalue weighted by Crippen LogP contribution is 2.18. The highest BCUT2D eigenvalue weighted by molar-refractivity contribution is 5.48. The van der Waals surface area contributed by atoms with Crippen molar-refractivity contribution in [3.05, 3.63) is 29.3 Å². The highest BCUT2D eigenvalue weighted by Gasteiger charge is 2.07. The first kappa shape index (κ1) is 11.0. The summed E-state index contributed by atoms with van der Waals surface area (Å²) in [5.74, 6) is 0. The zero-order valence-electron chi connectivity index (χ0n) is 8.75. The van der Waals surface area contributed by atoms with Gasteiger partial charge in [0, 0.05) is 12.2 Å². The van der Waals surface area contributed by atoms with Gasteiger partial charge in [0.05, 0.1) is 6.10 Å². The summed E-state index contributed by atoms with van der Waals surface area (Å²) in [7, 11) is 0. The van der Waals surface area contributed by atoms with Gasteiger partial charge in [-0.15, -0.1) is 0 Å². The molecule has 0 spiro atoms. The van der Waals surface area contributed by atoms with Crippen LogP contribution in [0.5, 0.6) is 0 Å². The molecule has 0 saturated heterocycles. The van der Waals surface area contributed by atoms with Gasteiger partial charge < -0.3 is 16.2 Å². The number of hydrogen-bond donors (Lipinski definition) is 3. The van der Waals surface area contributed by atoms with Crippen molar-refractivity contribution in [1.82, 2.24) is 5.32 Å². The molecule has 0 saturated carbocycles. The Morgan fingerprint density at radius 1 is 1.50 bits per heavy atom. The Morgan fingerprint density at radius 2 is 2.21 bits per heavy atom. The smallest absolute Gasteiger partial charge is 0.0915 e. The van der Waals surface area contributed by atoms with Crippen LogP contribution in [-0.2, 0) is 0 Å². The highest BCUT2D eigenvalue weighted by atomic mass is 16.3. The largest absolute Gasteiger partial charge is 0.399 e. The van der Waals surface area contributed by atoms with Crippen molar-refractivity contribution in [2.75, 3.05) is 18.8 Å². The van der Waals surface area contributed by atoms with Gasteiger partial charge in [0.15, 0.2) is 0 Å². The van der Waals surface area contributed by atoms with Crippen molar-refractivity contribution in [3.63, 3.8) is 0 Å². The Kier molecular flexibility index (Phi) is 3.92. The SMILES string of the molecule is CCNCC(O)c1ccc(C)c(N)c1. The van der Waals surface area contributed by atoms with E-state index in [1.165, 1.54) is 0 Å². The molecule has 4 N–H and O–H groups in total. The van der Waals surface area contributed by atoms with Crippen molar-refractivity contribution in [1.29, 1.82) is 0 Å². The Morgan fingerprint density at radius 3 is 2.79 bits per heavy atom. The Labute approximate surface area is 84.9 Å². The molecule has 0 fully saturated rings. The fraction of sp³-hybridized carbons (Fsp3) is 0.455. The second-order valence-corrected chi connectivity index (χ2v) is 3.44. The summed E-state index contributed by atoms with van der Waals surface area (Å²) in [6, 6.07) is 5.67. The van der Waals surface area contributed by atoms with E-state index >= 15 is 0 Å². The first-order valence-electron chi connectivity index (χ1n) is 4.90. The lowest BCUT2D eigenvalue weighted by Crippen LogP contribution is -2.20. The number of nitrogens with two attached hydrogens (primary N) is 1. The molecule has 0 radical (unpaired) electrons. The molecule has 3 nitrogen and oxygen atoms in total. The van der Waals surface area contributed by atoms with Crippen molar-refractivity contribution in [3.8, 4) is 0 Å². The van der Waals surface area contributed by atoms with Crippen LogP contribution in [0.15, 0.2) is 18.2 Å². The van der Waals surface area contributed by atoms with Crippen LogP contribution in [-0.4, -0.2) is 18.2 Å². The molecule has 0 aromatic heterocycles. The van der Waals surface area contributed by atoms with Gasteiger partial charge in [0.25, 0.3) is 0 Å². The lowest BCUT2D eigenvalue weighted by molar-refractivity contribution is 0.175. The number of benzene rings is 1. The summed E-state index contributed by atoms with van der Waals surface area (Å²) in [5, 5.41) is 12.8. The van der Waals surface area contributed by atoms with Crippen LogP contribution in [0.4, 0.5) is 5.69 Å². The van der Waals surface area contributed by atoms with Crippen LogP contribution < -0.4 is 11.1 Å². The van der Waals surface area contributed by atoms with E-state index < -0.39 is 6.10 Å². The number of aliphatic hydroxyl groups is 1. The van der Waals surface area contributed by atoms with Gasteiger partial charge in [0.1, 0.15) is 0 Å². The zero-order chi connectivity index (χ0) is 10.6. The zero-order valence-corrected chi connectivity index (χ0v) is 8.75. The first-order valence-corrected chi connectivity index (χ1v) is 4.90. The fourth-order valence-corrected chi connectivity index (χ4v) is 1.27. The summed E-state index contributed by atoms with van der Waals surface area (Å²) in [5.41, 5.74) is 8.41. The minimum absolute atomic E-state index is 0.474. The van der Waals surface area contributed by atoms with E-state index in [9.17, 15) is 5.11 Å². The summed E-state index contributed by atoms with van der Waals surface area (Å²) >= 11 is 0. The lowest BCUT2D eigenvalue weighted by Gasteiger charge is -2.12. The number of nitrogens with one attached hydrogen (secondary N) is 1. The normalized spacial score (nSPS) is 12.8. The molecule has 0 amide bonds. The molecular formula is C11H18N2O. The second kappa shape index (κ2) is 4.98. The topological polar surface area (TPSA) is 58.3 Å². The minimum Gasteiger partial charge on any atom is -0.399 e. The molecular weight excluding hydrogens is 176 g/mol. The Balaban J connectivity index is 2.70. The molecule has 3 heteroatoms. The number of nitrogen functional groups attached to an aromatic ring is 1. The van der Waals surface area contributed by atoms with Gasteiger partial charge in [-0.1, -0.05) is 19.1 Å². The van der Waals surface area contributed by atoms with Crippen molar-refractivity contribution in [2.24, 2.45) is 0 Å². The van der Waals surface area contributed by atoms with Crippen LogP contribution in [0.1, 0.15) is 24.2 Å². The molecule has 1 aromatic carbocycles. The Bertz CT molecular complexity index is 299. The molecule has 0 aliphatic carbocycles. The van der Waals surface area contributed by atoms with Gasteiger partial charge in [-0.3, -0.25) is 0 Å². The summed E-state index contributed by atoms with van der Waals surface area (Å²) < 4.78 is 0. The maximum absolute atomic E-state index is 9.75. The molecule has 0 aliphatic rings. The standard InChI is InChI=1S/C11H18N2O/c1-3-13-7-11(14)9-5-4-8(2)10(12)6-9/h4-6,11,13-14H,3,7,12H2,1-2H3. The maximum Gasteiger partial charge on any atom is 0.0915 e. The number of likely N-dealkylation sites (N-methyl/N-ethyl adjacent to an activating group) is 1. The summed E-state index contributed by atoms with van der Waals surface area (Å²) in [6.07, 6.45) is -0.474. The number of aryl methyl sites for hydroxylation is 1. The molecule has 0 aliphatic heterocycles. The molecule has 0 heterocycles. The Hall–Kier alpha value is -1.06. The van der Waals surface area contributed by atoms with Crippen molar-refractivity contribution >= 4 is 5.69 Å². The monoisotopic (exact) mass is 194 g/mol. The van der Waals surface area contributed by atoms with Gasteiger partial charge in [-0.05, 0) is 30.7 Å². The molecule has 1 rings (SSSR count). The predicted octanol–water partition coefficient (Wildman–Crippen LogP) is 1.22. The maximum atomic E-state index is 9.75. The van der Waals surface area contributed by atoms with E-state index in [-0.39, 0.29) is 0 Å². The van der Waals surface area contributed by atoms with Crippen molar-refractivity contribution in [2.45, 2.75) is 20.0 Å². The molecule has 1 unspecified atom stereocenters. The molecule has 1 atom stereocenters. The number of aliphatic hydroxyl groups excluding tert-OH is 1. The van der Waals surface area contributed by atoms with Gasteiger partial charge >= 0.3 is 0 Å². The van der Waals surface area contributed by atoms with Gasteiger partial charge in [-0.25, -0.2) is 0 Å². The van der Waals surface area contributed by atoms with Crippen LogP contribution in [0.25, 0.3) is 0 Å². The van der Waals surface area contributed by atoms with E-state index in [0.717, 1.165) is 23.4 Å². The third-order valence-electron chi connectivity index (χ3n) is 2.28. The molecule has 78 valence electrons. The second-order valence-electron chi connectivity index (χ2n) is 3.44. The van der Waals surface area contributed by atoms with E-state index in [0.29, 0.717) is 6.54 Å². The van der Waals surface area contributed by atoms with Crippen LogP contribution in [0.2, 0.25) is 0 Å². The number of hydrogen-bond acceptors (Lipinski definition) is 3. The van der Waals surface area contributed by atoms with E-state index in [2.05, 4.69) is 5.32 Å². The summed E-state index contributed by atoms with van der Waals surface area (Å²) in [4.78, 5) is 0. The van der Waals surface area contributed by atoms with E-state index in [1.807, 2.05) is 32.0 Å². The minimum atomic E-state index is -0.474. The van der Waals surface area contributed by atoms with Gasteiger partial charge in [0.2, 0.25) is 0 Å². The average Bonchev–Trinajstić information content (AvgIpc) is 2.18. The predicted molar refractivity (Wildman–Crippen MR) is 59.1 cm³/mol. The van der Waals surface area contributed by atoms with Crippen LogP contribution >= 0.6 is 0 Å².